The molecule has 0 N–H and O–H groups in total. The first kappa shape index (κ1) is 20.9. The van der Waals surface area contributed by atoms with Gasteiger partial charge in [0.25, 0.3) is 0 Å². The second-order valence-corrected chi connectivity index (χ2v) is 8.32. The van der Waals surface area contributed by atoms with Crippen molar-refractivity contribution in [1.82, 2.24) is 4.90 Å². The fraction of sp³-hybridized carbons (Fsp3) is 0.417. The number of aryl methyl sites for hydroxylation is 2. The van der Waals surface area contributed by atoms with Crippen molar-refractivity contribution in [2.45, 2.75) is 53.4 Å². The van der Waals surface area contributed by atoms with Crippen LogP contribution in [0.3, 0.4) is 0 Å². The van der Waals surface area contributed by atoms with E-state index in [-0.39, 0.29) is 11.2 Å². The Morgan fingerprint density at radius 1 is 1.07 bits per heavy atom. The van der Waals surface area contributed by atoms with E-state index < -0.39 is 0 Å². The summed E-state index contributed by atoms with van der Waals surface area (Å²) in [6, 6.07) is 12.4. The molecule has 0 unspecified atom stereocenters. The predicted octanol–water partition coefficient (Wildman–Crippen LogP) is 5.64. The zero-order chi connectivity index (χ0) is 20.2. The highest BCUT2D eigenvalue weighted by Gasteiger charge is 2.15. The molecule has 0 saturated carbocycles. The van der Waals surface area contributed by atoms with Crippen molar-refractivity contribution in [3.8, 4) is 0 Å². The van der Waals surface area contributed by atoms with E-state index in [4.69, 9.17) is 0 Å². The second kappa shape index (κ2) is 8.51. The molecular weight excluding hydrogens is 332 g/mol. The molecule has 0 bridgehead atoms. The van der Waals surface area contributed by atoms with Gasteiger partial charge in [-0.25, -0.2) is 4.99 Å². The molecule has 0 aliphatic rings. The van der Waals surface area contributed by atoms with Crippen LogP contribution in [0.1, 0.15) is 60.3 Å². The van der Waals surface area contributed by atoms with Gasteiger partial charge in [-0.2, -0.15) is 0 Å². The van der Waals surface area contributed by atoms with E-state index in [9.17, 15) is 4.79 Å². The van der Waals surface area contributed by atoms with Crippen LogP contribution in [0.25, 0.3) is 0 Å². The normalized spacial score (nSPS) is 11.8. The van der Waals surface area contributed by atoms with E-state index >= 15 is 0 Å². The lowest BCUT2D eigenvalue weighted by atomic mass is 9.86. The lowest BCUT2D eigenvalue weighted by molar-refractivity contribution is 0.0992. The molecule has 0 aliphatic heterocycles. The highest BCUT2D eigenvalue weighted by Crippen LogP contribution is 2.25. The third-order valence-electron chi connectivity index (χ3n) is 4.92. The molecule has 0 radical (unpaired) electrons. The van der Waals surface area contributed by atoms with Gasteiger partial charge in [0.05, 0.1) is 12.0 Å². The minimum Gasteiger partial charge on any atom is -0.366 e. The Balaban J connectivity index is 2.19. The van der Waals surface area contributed by atoms with Crippen LogP contribution in [0.4, 0.5) is 5.69 Å². The van der Waals surface area contributed by atoms with Gasteiger partial charge >= 0.3 is 0 Å². The van der Waals surface area contributed by atoms with Crippen molar-refractivity contribution in [2.24, 2.45) is 4.99 Å². The Hall–Kier alpha value is -2.42. The highest BCUT2D eigenvalue weighted by atomic mass is 16.1. The summed E-state index contributed by atoms with van der Waals surface area (Å²) in [7, 11) is 1.99. The van der Waals surface area contributed by atoms with Gasteiger partial charge in [-0.3, -0.25) is 4.79 Å². The van der Waals surface area contributed by atoms with Gasteiger partial charge in [0, 0.05) is 25.6 Å². The molecule has 3 nitrogen and oxygen atoms in total. The molecular formula is C24H32N2O. The van der Waals surface area contributed by atoms with Gasteiger partial charge in [-0.1, -0.05) is 45.0 Å². The zero-order valence-corrected chi connectivity index (χ0v) is 17.8. The number of Topliss-reactive ketones (excluding diaryl/α,β-unsaturated/α-hetero) is 1. The van der Waals surface area contributed by atoms with Gasteiger partial charge < -0.3 is 4.90 Å². The monoisotopic (exact) mass is 364 g/mol. The molecule has 2 aromatic carbocycles. The maximum atomic E-state index is 12.8. The van der Waals surface area contributed by atoms with Crippen molar-refractivity contribution in [2.75, 3.05) is 13.6 Å². The third-order valence-corrected chi connectivity index (χ3v) is 4.92. The Morgan fingerprint density at radius 3 is 2.26 bits per heavy atom. The maximum Gasteiger partial charge on any atom is 0.167 e. The number of hydrogen-bond acceptors (Lipinski definition) is 2. The first-order valence-corrected chi connectivity index (χ1v) is 9.60. The molecule has 0 fully saturated rings. The van der Waals surface area contributed by atoms with Gasteiger partial charge in [-0.05, 0) is 60.6 Å². The quantitative estimate of drug-likeness (QED) is 0.377. The number of benzene rings is 2. The van der Waals surface area contributed by atoms with Crippen molar-refractivity contribution in [1.29, 1.82) is 0 Å². The number of ketones is 1. The van der Waals surface area contributed by atoms with Crippen LogP contribution in [0.2, 0.25) is 0 Å². The molecule has 2 rings (SSSR count). The van der Waals surface area contributed by atoms with Crippen LogP contribution in [-0.4, -0.2) is 30.6 Å². The van der Waals surface area contributed by atoms with E-state index in [1.807, 2.05) is 44.3 Å². The first-order valence-electron chi connectivity index (χ1n) is 9.60. The van der Waals surface area contributed by atoms with E-state index in [1.54, 1.807) is 0 Å². The number of aliphatic imine (C=N–C) groups is 1. The summed E-state index contributed by atoms with van der Waals surface area (Å²) < 4.78 is 0. The Morgan fingerprint density at radius 2 is 1.70 bits per heavy atom. The number of rotatable bonds is 6. The number of hydrogen-bond donors (Lipinski definition) is 0. The van der Waals surface area contributed by atoms with Gasteiger partial charge in [-0.15, -0.1) is 0 Å². The average molecular weight is 365 g/mol. The summed E-state index contributed by atoms with van der Waals surface area (Å²) in [5.74, 6) is 0.153. The van der Waals surface area contributed by atoms with Crippen LogP contribution < -0.4 is 0 Å². The molecule has 3 heteroatoms. The molecule has 0 amide bonds. The smallest absolute Gasteiger partial charge is 0.167 e. The summed E-state index contributed by atoms with van der Waals surface area (Å²) >= 11 is 0. The third kappa shape index (κ3) is 5.53. The van der Waals surface area contributed by atoms with Crippen molar-refractivity contribution in [3.05, 3.63) is 64.2 Å². The molecule has 0 saturated heterocycles. The highest BCUT2D eigenvalue weighted by molar-refractivity contribution is 5.99. The molecule has 144 valence electrons. The Bertz CT molecular complexity index is 827. The minimum absolute atomic E-state index is 0.123. The largest absolute Gasteiger partial charge is 0.366 e. The van der Waals surface area contributed by atoms with Crippen LogP contribution in [0, 0.1) is 13.8 Å². The van der Waals surface area contributed by atoms with E-state index in [0.29, 0.717) is 6.42 Å². The molecule has 27 heavy (non-hydrogen) atoms. The number of carbonyl (C=O) groups is 1. The predicted molar refractivity (Wildman–Crippen MR) is 116 cm³/mol. The standard InChI is InChI=1S/C24H32N2O/c1-8-26(7)16-25-22-14-17(2)21(13-18(22)3)23(27)15-19-9-11-20(12-10-19)24(4,5)6/h9-14,16H,8,15H2,1-7H3. The second-order valence-electron chi connectivity index (χ2n) is 8.32. The summed E-state index contributed by atoms with van der Waals surface area (Å²) in [6.07, 6.45) is 2.26. The topological polar surface area (TPSA) is 32.7 Å². The summed E-state index contributed by atoms with van der Waals surface area (Å²) in [5.41, 5.74) is 6.16. The van der Waals surface area contributed by atoms with Crippen LogP contribution >= 0.6 is 0 Å². The lowest BCUT2D eigenvalue weighted by Crippen LogP contribution is -2.14. The van der Waals surface area contributed by atoms with E-state index in [2.05, 4.69) is 57.0 Å². The van der Waals surface area contributed by atoms with E-state index in [0.717, 1.165) is 34.5 Å². The average Bonchev–Trinajstić information content (AvgIpc) is 2.61. The van der Waals surface area contributed by atoms with Crippen molar-refractivity contribution >= 4 is 17.8 Å². The van der Waals surface area contributed by atoms with Gasteiger partial charge in [0.15, 0.2) is 5.78 Å². The first-order chi connectivity index (χ1) is 12.6. The zero-order valence-electron chi connectivity index (χ0n) is 17.8. The summed E-state index contributed by atoms with van der Waals surface area (Å²) in [5, 5.41) is 0. The maximum absolute atomic E-state index is 12.8. The number of carbonyl (C=O) groups excluding carboxylic acids is 1. The van der Waals surface area contributed by atoms with Gasteiger partial charge in [0.2, 0.25) is 0 Å². The van der Waals surface area contributed by atoms with Crippen molar-refractivity contribution < 1.29 is 4.79 Å². The molecule has 0 atom stereocenters. The SMILES string of the molecule is CCN(C)C=Nc1cc(C)c(C(=O)Cc2ccc(C(C)(C)C)cc2)cc1C. The molecule has 2 aromatic rings. The number of nitrogens with zero attached hydrogens (tertiary/aromatic N) is 2. The van der Waals surface area contributed by atoms with Crippen LogP contribution in [-0.2, 0) is 11.8 Å². The van der Waals surface area contributed by atoms with E-state index in [1.165, 1.54) is 5.56 Å². The summed E-state index contributed by atoms with van der Waals surface area (Å²) in [4.78, 5) is 19.4. The fourth-order valence-electron chi connectivity index (χ4n) is 2.89. The molecule has 0 spiro atoms. The minimum atomic E-state index is 0.123. The Kier molecular flexibility index (Phi) is 6.59. The summed E-state index contributed by atoms with van der Waals surface area (Å²) in [6.45, 7) is 13.6. The molecule has 0 aromatic heterocycles. The molecule has 0 aliphatic carbocycles. The fourth-order valence-corrected chi connectivity index (χ4v) is 2.89. The van der Waals surface area contributed by atoms with Crippen molar-refractivity contribution in [3.63, 3.8) is 0 Å². The van der Waals surface area contributed by atoms with Crippen LogP contribution in [0.15, 0.2) is 41.4 Å². The lowest BCUT2D eigenvalue weighted by Gasteiger charge is -2.19. The Labute approximate surface area is 164 Å². The van der Waals surface area contributed by atoms with Crippen LogP contribution in [0.5, 0.6) is 0 Å². The molecule has 0 heterocycles. The van der Waals surface area contributed by atoms with Gasteiger partial charge in [0.1, 0.15) is 0 Å².